The van der Waals surface area contributed by atoms with Crippen LogP contribution < -0.4 is 34.7 Å². The fourth-order valence-corrected chi connectivity index (χ4v) is 4.93. The Bertz CT molecular complexity index is 677. The molecule has 0 aromatic carbocycles. The minimum Gasteiger partial charge on any atom is -0.548 e. The number of amides is 2. The first-order valence-corrected chi connectivity index (χ1v) is 7.89. The standard InChI is InChI=1S/C12H16N2O7S.Na/c1-12(5-4-7(15)13(2)21-3)10(11(17)18)14-8(16)6-9(14)22(12,19)20;/h4-5,9-10H,6H2,1-3H3,(H,17,18);/q;+1/p-1/b5-4-;/t9-,10+,12+;/m1./s1. The van der Waals surface area contributed by atoms with Gasteiger partial charge in [-0.3, -0.25) is 14.4 Å². The van der Waals surface area contributed by atoms with Crippen molar-refractivity contribution < 1.29 is 62.3 Å². The smallest absolute Gasteiger partial charge is 0.548 e. The van der Waals surface area contributed by atoms with Crippen molar-refractivity contribution >= 4 is 27.6 Å². The Hall–Kier alpha value is -0.940. The van der Waals surface area contributed by atoms with E-state index in [4.69, 9.17) is 0 Å². The second kappa shape index (κ2) is 6.52. The van der Waals surface area contributed by atoms with Gasteiger partial charge in [-0.2, -0.15) is 0 Å². The molecule has 0 N–H and O–H groups in total. The van der Waals surface area contributed by atoms with Gasteiger partial charge in [0.05, 0.1) is 25.5 Å². The van der Waals surface area contributed by atoms with Gasteiger partial charge in [-0.1, -0.05) is 6.08 Å². The second-order valence-corrected chi connectivity index (χ2v) is 7.78. The molecule has 0 radical (unpaired) electrons. The summed E-state index contributed by atoms with van der Waals surface area (Å²) in [7, 11) is -1.44. The zero-order chi connectivity index (χ0) is 16.9. The first kappa shape index (κ1) is 20.1. The number of carbonyl (C=O) groups is 3. The predicted octanol–water partition coefficient (Wildman–Crippen LogP) is -5.57. The summed E-state index contributed by atoms with van der Waals surface area (Å²) < 4.78 is 23.1. The molecule has 0 aromatic heterocycles. The Balaban J connectivity index is 0.00000264. The number of carboxylic acid groups (broad SMARTS) is 1. The molecule has 23 heavy (non-hydrogen) atoms. The average molecular weight is 354 g/mol. The van der Waals surface area contributed by atoms with Crippen molar-refractivity contribution in [3.63, 3.8) is 0 Å². The second-order valence-electron chi connectivity index (χ2n) is 5.26. The maximum absolute atomic E-state index is 12.5. The predicted molar refractivity (Wildman–Crippen MR) is 70.3 cm³/mol. The van der Waals surface area contributed by atoms with E-state index >= 15 is 0 Å². The van der Waals surface area contributed by atoms with Crippen LogP contribution in [0, 0.1) is 0 Å². The van der Waals surface area contributed by atoms with Crippen molar-refractivity contribution in [3.05, 3.63) is 12.2 Å². The number of sulfone groups is 1. The largest absolute Gasteiger partial charge is 1.00 e. The third kappa shape index (κ3) is 2.82. The zero-order valence-corrected chi connectivity index (χ0v) is 16.0. The van der Waals surface area contributed by atoms with Crippen LogP contribution in [0.25, 0.3) is 0 Å². The van der Waals surface area contributed by atoms with Gasteiger partial charge in [0, 0.05) is 13.1 Å². The van der Waals surface area contributed by atoms with Crippen LogP contribution in [-0.4, -0.2) is 66.5 Å². The Kier molecular flexibility index (Phi) is 5.70. The molecule has 2 fully saturated rings. The van der Waals surface area contributed by atoms with E-state index in [1.165, 1.54) is 14.2 Å². The molecular formula is C12H15N2NaO7S. The van der Waals surface area contributed by atoms with E-state index in [1.807, 2.05) is 0 Å². The summed E-state index contributed by atoms with van der Waals surface area (Å²) in [6, 6.07) is -1.67. The maximum Gasteiger partial charge on any atom is 1.00 e. The van der Waals surface area contributed by atoms with E-state index < -0.39 is 43.8 Å². The van der Waals surface area contributed by atoms with Crippen molar-refractivity contribution in [1.82, 2.24) is 9.96 Å². The number of β-lactam (4-membered cyclic amide) rings is 1. The van der Waals surface area contributed by atoms with Crippen LogP contribution in [0.1, 0.15) is 13.3 Å². The number of hydroxylamine groups is 2. The van der Waals surface area contributed by atoms with Crippen LogP contribution in [0.3, 0.4) is 0 Å². The maximum atomic E-state index is 12.5. The molecule has 0 unspecified atom stereocenters. The summed E-state index contributed by atoms with van der Waals surface area (Å²) >= 11 is 0. The van der Waals surface area contributed by atoms with Crippen LogP contribution in [-0.2, 0) is 29.1 Å². The van der Waals surface area contributed by atoms with Crippen molar-refractivity contribution in [2.24, 2.45) is 0 Å². The first-order chi connectivity index (χ1) is 10.1. The van der Waals surface area contributed by atoms with Gasteiger partial charge in [0.15, 0.2) is 9.84 Å². The van der Waals surface area contributed by atoms with E-state index in [9.17, 15) is 27.9 Å². The van der Waals surface area contributed by atoms with Crippen molar-refractivity contribution in [2.75, 3.05) is 14.2 Å². The zero-order valence-electron chi connectivity index (χ0n) is 13.2. The number of carboxylic acids is 1. The molecule has 11 heteroatoms. The van der Waals surface area contributed by atoms with Gasteiger partial charge in [-0.15, -0.1) is 0 Å². The molecule has 0 aliphatic carbocycles. The molecule has 9 nitrogen and oxygen atoms in total. The summed E-state index contributed by atoms with van der Waals surface area (Å²) in [5.74, 6) is -2.92. The molecule has 0 bridgehead atoms. The van der Waals surface area contributed by atoms with E-state index in [0.717, 1.165) is 29.0 Å². The summed E-state index contributed by atoms with van der Waals surface area (Å²) in [4.78, 5) is 40.0. The number of hydrogen-bond donors (Lipinski definition) is 0. The Morgan fingerprint density at radius 3 is 2.48 bits per heavy atom. The van der Waals surface area contributed by atoms with E-state index in [1.54, 1.807) is 0 Å². The van der Waals surface area contributed by atoms with E-state index in [-0.39, 0.29) is 36.0 Å². The van der Waals surface area contributed by atoms with Crippen LogP contribution in [0.15, 0.2) is 12.2 Å². The molecule has 2 saturated heterocycles. The molecular weight excluding hydrogens is 339 g/mol. The topological polar surface area (TPSA) is 124 Å². The molecule has 0 aromatic rings. The minimum atomic E-state index is -4.00. The Morgan fingerprint density at radius 1 is 1.48 bits per heavy atom. The quantitative estimate of drug-likeness (QED) is 0.213. The number of likely N-dealkylation sites (N-methyl/N-ethyl adjacent to an activating group) is 1. The van der Waals surface area contributed by atoms with Crippen molar-refractivity contribution in [2.45, 2.75) is 29.5 Å². The molecule has 0 spiro atoms. The van der Waals surface area contributed by atoms with E-state index in [2.05, 4.69) is 4.84 Å². The molecule has 0 saturated carbocycles. The van der Waals surface area contributed by atoms with Gasteiger partial charge in [-0.25, -0.2) is 13.5 Å². The summed E-state index contributed by atoms with van der Waals surface area (Å²) in [6.45, 7) is 1.16. The molecule has 2 amide bonds. The van der Waals surface area contributed by atoms with Crippen molar-refractivity contribution in [3.8, 4) is 0 Å². The van der Waals surface area contributed by atoms with Gasteiger partial charge >= 0.3 is 29.6 Å². The Morgan fingerprint density at radius 2 is 2.04 bits per heavy atom. The normalized spacial score (nSPS) is 31.3. The monoisotopic (exact) mass is 354 g/mol. The number of rotatable bonds is 4. The molecule has 122 valence electrons. The van der Waals surface area contributed by atoms with Crippen LogP contribution in [0.5, 0.6) is 0 Å². The van der Waals surface area contributed by atoms with Gasteiger partial charge in [0.1, 0.15) is 10.1 Å². The molecule has 2 aliphatic rings. The Labute approximate surface area is 155 Å². The van der Waals surface area contributed by atoms with Crippen LogP contribution in [0.4, 0.5) is 0 Å². The fourth-order valence-electron chi connectivity index (χ4n) is 2.66. The van der Waals surface area contributed by atoms with Gasteiger partial charge in [-0.05, 0) is 6.92 Å². The van der Waals surface area contributed by atoms with E-state index in [0.29, 0.717) is 0 Å². The van der Waals surface area contributed by atoms with Crippen LogP contribution >= 0.6 is 0 Å². The summed E-state index contributed by atoms with van der Waals surface area (Å²) in [5, 5.41) is 11.0. The number of fused-ring (bicyclic) bond motifs is 1. The number of aliphatic carboxylic acids is 1. The van der Waals surface area contributed by atoms with Crippen molar-refractivity contribution in [1.29, 1.82) is 0 Å². The number of nitrogens with zero attached hydrogens (tertiary/aromatic N) is 2. The first-order valence-electron chi connectivity index (χ1n) is 6.34. The van der Waals surface area contributed by atoms with Crippen LogP contribution in [0.2, 0.25) is 0 Å². The van der Waals surface area contributed by atoms with Gasteiger partial charge < -0.3 is 14.8 Å². The molecule has 2 rings (SSSR count). The summed E-state index contributed by atoms with van der Waals surface area (Å²) in [6.07, 6.45) is 1.63. The third-order valence-corrected chi connectivity index (χ3v) is 6.80. The number of carbonyl (C=O) groups excluding carboxylic acids is 3. The molecule has 3 atom stereocenters. The fraction of sp³-hybridized carbons (Fsp3) is 0.583. The molecule has 2 heterocycles. The average Bonchev–Trinajstić information content (AvgIpc) is 2.58. The summed E-state index contributed by atoms with van der Waals surface area (Å²) in [5.41, 5.74) is 0. The minimum absolute atomic E-state index is 0. The SMILES string of the molecule is CON(C)C(=O)/C=C\[C@@]1(C)[C@H](C(=O)[O-])N2C(=O)C[C@H]2S1(=O)=O.[Na+]. The van der Waals surface area contributed by atoms with Gasteiger partial charge in [0.2, 0.25) is 5.91 Å². The molecule has 2 aliphatic heterocycles. The third-order valence-electron chi connectivity index (χ3n) is 4.10. The number of hydrogen-bond acceptors (Lipinski definition) is 7. The van der Waals surface area contributed by atoms with Gasteiger partial charge in [0.25, 0.3) is 5.91 Å².